The Morgan fingerprint density at radius 1 is 1.16 bits per heavy atom. The zero-order valence-electron chi connectivity index (χ0n) is 19.7. The Labute approximate surface area is 191 Å². The molecule has 0 aromatic heterocycles. The lowest BCUT2D eigenvalue weighted by molar-refractivity contribution is -0.0884. The van der Waals surface area contributed by atoms with Gasteiger partial charge in [0, 0.05) is 17.3 Å². The Kier molecular flexibility index (Phi) is 10.2. The van der Waals surface area contributed by atoms with E-state index in [2.05, 4.69) is 25.1 Å². The molecule has 0 spiro atoms. The van der Waals surface area contributed by atoms with Crippen LogP contribution < -0.4 is 5.32 Å². The van der Waals surface area contributed by atoms with Crippen molar-refractivity contribution in [1.29, 1.82) is 0 Å². The number of allylic oxidation sites excluding steroid dienone is 9. The maximum absolute atomic E-state index is 13.7. The second kappa shape index (κ2) is 12.1. The first-order chi connectivity index (χ1) is 15.0. The van der Waals surface area contributed by atoms with Crippen LogP contribution in [0.15, 0.2) is 103 Å². The molecule has 0 heterocycles. The first-order valence-electron chi connectivity index (χ1n) is 10.6. The van der Waals surface area contributed by atoms with Crippen molar-refractivity contribution in [3.05, 3.63) is 119 Å². The second-order valence-electron chi connectivity index (χ2n) is 7.69. The molecule has 4 heteroatoms. The van der Waals surface area contributed by atoms with Gasteiger partial charge in [-0.15, -0.1) is 0 Å². The number of hydrogen-bond donors (Lipinski definition) is 1. The van der Waals surface area contributed by atoms with Crippen LogP contribution in [0.4, 0.5) is 13.2 Å². The van der Waals surface area contributed by atoms with Crippen molar-refractivity contribution in [3.8, 4) is 0 Å². The molecule has 0 radical (unpaired) electrons. The van der Waals surface area contributed by atoms with Crippen molar-refractivity contribution in [2.75, 3.05) is 0 Å². The number of halogens is 3. The molecule has 32 heavy (non-hydrogen) atoms. The van der Waals surface area contributed by atoms with Gasteiger partial charge in [-0.1, -0.05) is 81.3 Å². The van der Waals surface area contributed by atoms with Gasteiger partial charge in [-0.25, -0.2) is 0 Å². The number of benzene rings is 1. The SMILES string of the molecule is C=C/C=C(/C(=C)C)C(=C)N/C(C)=C/C(/C=C(\C=C/C)C(F)(F)F)c1cccc(C)c1CC. The highest BCUT2D eigenvalue weighted by Gasteiger charge is 2.32. The van der Waals surface area contributed by atoms with E-state index in [1.165, 1.54) is 12.2 Å². The molecule has 1 nitrogen and oxygen atoms in total. The van der Waals surface area contributed by atoms with E-state index in [4.69, 9.17) is 0 Å². The molecule has 1 rings (SSSR count). The average Bonchev–Trinajstić information content (AvgIpc) is 2.69. The van der Waals surface area contributed by atoms with Gasteiger partial charge in [0.05, 0.1) is 5.57 Å². The minimum Gasteiger partial charge on any atom is -0.359 e. The van der Waals surface area contributed by atoms with Crippen molar-refractivity contribution in [3.63, 3.8) is 0 Å². The fourth-order valence-electron chi connectivity index (χ4n) is 3.60. The van der Waals surface area contributed by atoms with Crippen molar-refractivity contribution >= 4 is 0 Å². The van der Waals surface area contributed by atoms with Gasteiger partial charge in [-0.05, 0) is 62.0 Å². The molecule has 0 aliphatic carbocycles. The summed E-state index contributed by atoms with van der Waals surface area (Å²) in [7, 11) is 0. The van der Waals surface area contributed by atoms with Crippen LogP contribution >= 0.6 is 0 Å². The molecule has 0 aliphatic heterocycles. The molecule has 1 aromatic carbocycles. The van der Waals surface area contributed by atoms with E-state index in [-0.39, 0.29) is 0 Å². The van der Waals surface area contributed by atoms with Gasteiger partial charge in [-0.2, -0.15) is 13.2 Å². The zero-order chi connectivity index (χ0) is 24.5. The van der Waals surface area contributed by atoms with Crippen LogP contribution in [-0.2, 0) is 6.42 Å². The van der Waals surface area contributed by atoms with Crippen molar-refractivity contribution < 1.29 is 13.2 Å². The van der Waals surface area contributed by atoms with Gasteiger partial charge in [0.2, 0.25) is 0 Å². The van der Waals surface area contributed by atoms with Gasteiger partial charge < -0.3 is 5.32 Å². The van der Waals surface area contributed by atoms with Crippen molar-refractivity contribution in [1.82, 2.24) is 5.32 Å². The van der Waals surface area contributed by atoms with Crippen LogP contribution in [0.2, 0.25) is 0 Å². The van der Waals surface area contributed by atoms with E-state index in [0.29, 0.717) is 11.4 Å². The molecular weight excluding hydrogens is 407 g/mol. The molecule has 0 amide bonds. The number of aryl methyl sites for hydroxylation is 1. The predicted octanol–water partition coefficient (Wildman–Crippen LogP) is 8.40. The fraction of sp³-hybridized carbons (Fsp3) is 0.286. The van der Waals surface area contributed by atoms with E-state index < -0.39 is 17.7 Å². The Morgan fingerprint density at radius 3 is 2.31 bits per heavy atom. The molecule has 1 unspecified atom stereocenters. The smallest absolute Gasteiger partial charge is 0.359 e. The van der Waals surface area contributed by atoms with Crippen LogP contribution in [0.3, 0.4) is 0 Å². The first kappa shape index (κ1) is 27.0. The molecule has 1 aromatic rings. The zero-order valence-corrected chi connectivity index (χ0v) is 19.7. The standard InChI is InChI=1S/C28H34F3N/c1-9-13-24(28(29,30)31)18-23(27-16-12-15-20(6)25(27)11-3)17-21(7)32-22(8)26(14-10-2)19(4)5/h9-10,12-18,23,32H,2,4,8,11H2,1,3,5-7H3/b13-9-,21-17+,24-18+,26-14-. The third-order valence-corrected chi connectivity index (χ3v) is 5.04. The lowest BCUT2D eigenvalue weighted by Crippen LogP contribution is -2.15. The fourth-order valence-corrected chi connectivity index (χ4v) is 3.60. The van der Waals surface area contributed by atoms with Gasteiger partial charge in [0.15, 0.2) is 0 Å². The van der Waals surface area contributed by atoms with Gasteiger partial charge >= 0.3 is 6.18 Å². The molecule has 172 valence electrons. The number of hydrogen-bond acceptors (Lipinski definition) is 1. The summed E-state index contributed by atoms with van der Waals surface area (Å²) in [5.74, 6) is -0.574. The molecule has 0 bridgehead atoms. The number of alkyl halides is 3. The quantitative estimate of drug-likeness (QED) is 0.359. The maximum atomic E-state index is 13.7. The summed E-state index contributed by atoms with van der Waals surface area (Å²) in [6.07, 6.45) is 5.32. The highest BCUT2D eigenvalue weighted by Crippen LogP contribution is 2.33. The highest BCUT2D eigenvalue weighted by atomic mass is 19.4. The third-order valence-electron chi connectivity index (χ3n) is 5.04. The molecule has 0 saturated carbocycles. The minimum atomic E-state index is -4.44. The molecular formula is C28H34F3N. The van der Waals surface area contributed by atoms with Gasteiger partial charge in [0.25, 0.3) is 0 Å². The average molecular weight is 442 g/mol. The van der Waals surface area contributed by atoms with E-state index in [1.807, 2.05) is 45.9 Å². The summed E-state index contributed by atoms with van der Waals surface area (Å²) in [6, 6.07) is 5.76. The summed E-state index contributed by atoms with van der Waals surface area (Å²) in [4.78, 5) is 0. The van der Waals surface area contributed by atoms with Gasteiger partial charge in [0.1, 0.15) is 0 Å². The predicted molar refractivity (Wildman–Crippen MR) is 131 cm³/mol. The monoisotopic (exact) mass is 441 g/mol. The summed E-state index contributed by atoms with van der Waals surface area (Å²) in [5, 5.41) is 3.20. The summed E-state index contributed by atoms with van der Waals surface area (Å²) in [6.45, 7) is 21.0. The third kappa shape index (κ3) is 7.60. The van der Waals surface area contributed by atoms with Crippen LogP contribution in [0.1, 0.15) is 50.3 Å². The first-order valence-corrected chi connectivity index (χ1v) is 10.6. The molecule has 1 atom stereocenters. The summed E-state index contributed by atoms with van der Waals surface area (Å²) < 4.78 is 41.0. The normalized spacial score (nSPS) is 14.4. The number of nitrogens with one attached hydrogen (secondary N) is 1. The molecule has 0 aliphatic rings. The van der Waals surface area contributed by atoms with E-state index in [0.717, 1.165) is 40.3 Å². The van der Waals surface area contributed by atoms with Crippen LogP contribution in [-0.4, -0.2) is 6.18 Å². The van der Waals surface area contributed by atoms with Crippen LogP contribution in [0.25, 0.3) is 0 Å². The Balaban J connectivity index is 3.59. The summed E-state index contributed by atoms with van der Waals surface area (Å²) in [5.41, 5.74) is 5.20. The Bertz CT molecular complexity index is 969. The van der Waals surface area contributed by atoms with E-state index in [9.17, 15) is 13.2 Å². The molecule has 1 N–H and O–H groups in total. The lowest BCUT2D eigenvalue weighted by atomic mass is 9.88. The lowest BCUT2D eigenvalue weighted by Gasteiger charge is -2.20. The topological polar surface area (TPSA) is 12.0 Å². The molecule has 0 fully saturated rings. The van der Waals surface area contributed by atoms with E-state index >= 15 is 0 Å². The van der Waals surface area contributed by atoms with Crippen LogP contribution in [0, 0.1) is 6.92 Å². The Morgan fingerprint density at radius 2 is 1.81 bits per heavy atom. The second-order valence-corrected chi connectivity index (χ2v) is 7.69. The minimum absolute atomic E-state index is 0.574. The maximum Gasteiger partial charge on any atom is 0.416 e. The van der Waals surface area contributed by atoms with Crippen molar-refractivity contribution in [2.45, 2.75) is 53.1 Å². The Hall–Kier alpha value is -3.01. The van der Waals surface area contributed by atoms with Gasteiger partial charge in [-0.3, -0.25) is 0 Å². The molecule has 0 saturated heterocycles. The van der Waals surface area contributed by atoms with E-state index in [1.54, 1.807) is 25.2 Å². The highest BCUT2D eigenvalue weighted by molar-refractivity contribution is 5.46. The number of rotatable bonds is 10. The van der Waals surface area contributed by atoms with Crippen LogP contribution in [0.5, 0.6) is 0 Å². The van der Waals surface area contributed by atoms with Crippen molar-refractivity contribution in [2.24, 2.45) is 0 Å². The summed E-state index contributed by atoms with van der Waals surface area (Å²) >= 11 is 0. The largest absolute Gasteiger partial charge is 0.416 e.